The van der Waals surface area contributed by atoms with Crippen molar-refractivity contribution in [2.75, 3.05) is 12.4 Å². The first-order chi connectivity index (χ1) is 9.28. The number of rotatable bonds is 4. The second-order valence-corrected chi connectivity index (χ2v) is 4.73. The molecular weight excluding hydrogens is 240 g/mol. The van der Waals surface area contributed by atoms with Gasteiger partial charge in [0.05, 0.1) is 6.20 Å². The summed E-state index contributed by atoms with van der Waals surface area (Å²) in [6, 6.07) is 7.96. The van der Waals surface area contributed by atoms with Crippen molar-refractivity contribution in [2.45, 2.75) is 18.9 Å². The van der Waals surface area contributed by atoms with Gasteiger partial charge in [0.1, 0.15) is 5.82 Å². The highest BCUT2D eigenvalue weighted by molar-refractivity contribution is 5.95. The van der Waals surface area contributed by atoms with E-state index in [1.54, 1.807) is 6.20 Å². The standard InChI is InChI=1S/C14H16N4O/c1-15-13-12(8-16-18-13)9-2-4-10(5-3-9)14(19)17-11-6-7-11/h2-5,8,11H,6-7H2,1H3,(H,17,19)(H2,15,16,18). The van der Waals surface area contributed by atoms with Crippen molar-refractivity contribution in [3.8, 4) is 11.1 Å². The van der Waals surface area contributed by atoms with E-state index >= 15 is 0 Å². The highest BCUT2D eigenvalue weighted by atomic mass is 16.1. The van der Waals surface area contributed by atoms with E-state index in [4.69, 9.17) is 0 Å². The highest BCUT2D eigenvalue weighted by Crippen LogP contribution is 2.26. The van der Waals surface area contributed by atoms with Crippen LogP contribution in [-0.2, 0) is 0 Å². The number of nitrogens with one attached hydrogen (secondary N) is 3. The van der Waals surface area contributed by atoms with Crippen molar-refractivity contribution in [1.82, 2.24) is 15.5 Å². The Balaban J connectivity index is 1.80. The zero-order valence-corrected chi connectivity index (χ0v) is 10.7. The predicted molar refractivity (Wildman–Crippen MR) is 74.1 cm³/mol. The summed E-state index contributed by atoms with van der Waals surface area (Å²) >= 11 is 0. The van der Waals surface area contributed by atoms with Gasteiger partial charge in [-0.1, -0.05) is 12.1 Å². The molecule has 2 aromatic rings. The Morgan fingerprint density at radius 2 is 2.05 bits per heavy atom. The summed E-state index contributed by atoms with van der Waals surface area (Å²) in [4.78, 5) is 11.9. The lowest BCUT2D eigenvalue weighted by atomic mass is 10.1. The lowest BCUT2D eigenvalue weighted by Gasteiger charge is -2.05. The van der Waals surface area contributed by atoms with Crippen LogP contribution >= 0.6 is 0 Å². The molecule has 1 aliphatic rings. The van der Waals surface area contributed by atoms with E-state index < -0.39 is 0 Å². The number of H-pyrrole nitrogens is 1. The molecule has 0 saturated heterocycles. The smallest absolute Gasteiger partial charge is 0.251 e. The fourth-order valence-electron chi connectivity index (χ4n) is 1.99. The van der Waals surface area contributed by atoms with Gasteiger partial charge in [-0.15, -0.1) is 0 Å². The number of carbonyl (C=O) groups is 1. The van der Waals surface area contributed by atoms with Gasteiger partial charge in [0, 0.05) is 24.2 Å². The summed E-state index contributed by atoms with van der Waals surface area (Å²) in [5, 5.41) is 12.9. The molecule has 1 amide bonds. The van der Waals surface area contributed by atoms with Crippen LogP contribution < -0.4 is 10.6 Å². The molecule has 1 fully saturated rings. The van der Waals surface area contributed by atoms with Crippen LogP contribution in [-0.4, -0.2) is 29.2 Å². The van der Waals surface area contributed by atoms with Crippen LogP contribution in [0.5, 0.6) is 0 Å². The summed E-state index contributed by atoms with van der Waals surface area (Å²) in [5.74, 6) is 0.880. The second kappa shape index (κ2) is 4.76. The van der Waals surface area contributed by atoms with E-state index in [9.17, 15) is 4.79 Å². The van der Waals surface area contributed by atoms with Gasteiger partial charge in [0.15, 0.2) is 0 Å². The van der Waals surface area contributed by atoms with E-state index in [2.05, 4.69) is 20.8 Å². The molecule has 0 atom stereocenters. The summed E-state index contributed by atoms with van der Waals surface area (Å²) < 4.78 is 0. The largest absolute Gasteiger partial charge is 0.373 e. The van der Waals surface area contributed by atoms with Crippen LogP contribution in [0.15, 0.2) is 30.5 Å². The Kier molecular flexibility index (Phi) is 2.95. The number of carbonyl (C=O) groups excluding carboxylic acids is 1. The minimum Gasteiger partial charge on any atom is -0.373 e. The lowest BCUT2D eigenvalue weighted by molar-refractivity contribution is 0.0951. The molecule has 0 radical (unpaired) electrons. The molecule has 0 spiro atoms. The van der Waals surface area contributed by atoms with Gasteiger partial charge in [0.2, 0.25) is 0 Å². The van der Waals surface area contributed by atoms with Gasteiger partial charge in [-0.25, -0.2) is 0 Å². The number of amides is 1. The number of aromatic nitrogens is 2. The van der Waals surface area contributed by atoms with Crippen molar-refractivity contribution in [3.63, 3.8) is 0 Å². The van der Waals surface area contributed by atoms with E-state index in [1.165, 1.54) is 0 Å². The molecule has 5 nitrogen and oxygen atoms in total. The summed E-state index contributed by atoms with van der Waals surface area (Å²) in [6.45, 7) is 0. The Morgan fingerprint density at radius 3 is 2.68 bits per heavy atom. The SMILES string of the molecule is CNc1[nH]ncc1-c1ccc(C(=O)NC2CC2)cc1. The van der Waals surface area contributed by atoms with Gasteiger partial charge in [0.25, 0.3) is 5.91 Å². The number of hydrogen-bond acceptors (Lipinski definition) is 3. The minimum absolute atomic E-state index is 0.00934. The average Bonchev–Trinajstić information content (AvgIpc) is 3.12. The van der Waals surface area contributed by atoms with E-state index in [1.807, 2.05) is 31.3 Å². The maximum absolute atomic E-state index is 11.9. The van der Waals surface area contributed by atoms with Crippen LogP contribution in [0.3, 0.4) is 0 Å². The molecule has 0 aliphatic heterocycles. The minimum atomic E-state index is 0.00934. The molecule has 19 heavy (non-hydrogen) atoms. The third-order valence-corrected chi connectivity index (χ3v) is 3.26. The molecule has 98 valence electrons. The van der Waals surface area contributed by atoms with E-state index in [0.717, 1.165) is 29.8 Å². The van der Waals surface area contributed by atoms with Gasteiger partial charge in [-0.2, -0.15) is 5.10 Å². The summed E-state index contributed by atoms with van der Waals surface area (Å²) in [6.07, 6.45) is 3.97. The topological polar surface area (TPSA) is 69.8 Å². The fourth-order valence-corrected chi connectivity index (χ4v) is 1.99. The zero-order valence-electron chi connectivity index (χ0n) is 10.7. The van der Waals surface area contributed by atoms with E-state index in [0.29, 0.717) is 11.6 Å². The quantitative estimate of drug-likeness (QED) is 0.783. The molecule has 1 heterocycles. The Labute approximate surface area is 111 Å². The molecular formula is C14H16N4O. The first-order valence-electron chi connectivity index (χ1n) is 6.40. The third kappa shape index (κ3) is 2.45. The molecule has 0 bridgehead atoms. The lowest BCUT2D eigenvalue weighted by Crippen LogP contribution is -2.25. The first kappa shape index (κ1) is 11.8. The van der Waals surface area contributed by atoms with Crippen LogP contribution in [0.4, 0.5) is 5.82 Å². The normalized spacial score (nSPS) is 14.2. The van der Waals surface area contributed by atoms with Gasteiger partial charge in [-0.05, 0) is 30.5 Å². The Morgan fingerprint density at radius 1 is 1.32 bits per heavy atom. The molecule has 5 heteroatoms. The van der Waals surface area contributed by atoms with E-state index in [-0.39, 0.29) is 5.91 Å². The van der Waals surface area contributed by atoms with Crippen molar-refractivity contribution in [2.24, 2.45) is 0 Å². The molecule has 1 aromatic carbocycles. The second-order valence-electron chi connectivity index (χ2n) is 4.73. The van der Waals surface area contributed by atoms with Crippen molar-refractivity contribution < 1.29 is 4.79 Å². The van der Waals surface area contributed by atoms with Gasteiger partial charge in [-0.3, -0.25) is 9.89 Å². The number of hydrogen-bond donors (Lipinski definition) is 3. The fraction of sp³-hybridized carbons (Fsp3) is 0.286. The molecule has 1 aromatic heterocycles. The molecule has 1 aliphatic carbocycles. The predicted octanol–water partition coefficient (Wildman–Crippen LogP) is 2.01. The Bertz CT molecular complexity index is 584. The van der Waals surface area contributed by atoms with Crippen LogP contribution in [0.25, 0.3) is 11.1 Å². The number of benzene rings is 1. The number of aromatic amines is 1. The number of nitrogens with zero attached hydrogens (tertiary/aromatic N) is 1. The average molecular weight is 256 g/mol. The monoisotopic (exact) mass is 256 g/mol. The Hall–Kier alpha value is -2.30. The molecule has 3 rings (SSSR count). The summed E-state index contributed by atoms with van der Waals surface area (Å²) in [5.41, 5.74) is 2.72. The highest BCUT2D eigenvalue weighted by Gasteiger charge is 2.23. The van der Waals surface area contributed by atoms with Crippen LogP contribution in [0.1, 0.15) is 23.2 Å². The van der Waals surface area contributed by atoms with Crippen LogP contribution in [0, 0.1) is 0 Å². The van der Waals surface area contributed by atoms with Gasteiger partial charge >= 0.3 is 0 Å². The maximum atomic E-state index is 11.9. The van der Waals surface area contributed by atoms with Crippen molar-refractivity contribution in [1.29, 1.82) is 0 Å². The molecule has 3 N–H and O–H groups in total. The molecule has 1 saturated carbocycles. The first-order valence-corrected chi connectivity index (χ1v) is 6.40. The van der Waals surface area contributed by atoms with Crippen molar-refractivity contribution in [3.05, 3.63) is 36.0 Å². The third-order valence-electron chi connectivity index (χ3n) is 3.26. The maximum Gasteiger partial charge on any atom is 0.251 e. The number of anilines is 1. The van der Waals surface area contributed by atoms with Crippen LogP contribution in [0.2, 0.25) is 0 Å². The summed E-state index contributed by atoms with van der Waals surface area (Å²) in [7, 11) is 1.84. The van der Waals surface area contributed by atoms with Crippen molar-refractivity contribution >= 4 is 11.7 Å². The zero-order chi connectivity index (χ0) is 13.2. The molecule has 0 unspecified atom stereocenters. The van der Waals surface area contributed by atoms with Gasteiger partial charge < -0.3 is 10.6 Å².